The van der Waals surface area contributed by atoms with Crippen LogP contribution in [0.3, 0.4) is 0 Å². The van der Waals surface area contributed by atoms with E-state index in [9.17, 15) is 4.79 Å². The van der Waals surface area contributed by atoms with E-state index in [1.807, 2.05) is 0 Å². The molecule has 0 aromatic heterocycles. The molecule has 0 spiro atoms. The average molecular weight is 153 g/mol. The SMILES string of the molecule is C=CC(=O)OC1=CC=CON1. The molecule has 0 aromatic rings. The fraction of sp³-hybridized carbons (Fsp3) is 0. The molecule has 11 heavy (non-hydrogen) atoms. The first-order chi connectivity index (χ1) is 5.33. The molecule has 1 heterocycles. The van der Waals surface area contributed by atoms with Crippen LogP contribution in [0.15, 0.2) is 37.0 Å². The minimum absolute atomic E-state index is 0.248. The molecule has 0 aromatic carbocycles. The van der Waals surface area contributed by atoms with E-state index in [0.29, 0.717) is 0 Å². The quantitative estimate of drug-likeness (QED) is 0.466. The number of nitrogens with one attached hydrogen (secondary N) is 1. The van der Waals surface area contributed by atoms with Crippen LogP contribution in [0, 0.1) is 0 Å². The van der Waals surface area contributed by atoms with Crippen molar-refractivity contribution in [1.29, 1.82) is 0 Å². The minimum Gasteiger partial charge on any atom is -0.404 e. The van der Waals surface area contributed by atoms with E-state index in [4.69, 9.17) is 0 Å². The van der Waals surface area contributed by atoms with E-state index in [1.165, 1.54) is 6.26 Å². The Morgan fingerprint density at radius 3 is 3.18 bits per heavy atom. The second-order valence-corrected chi connectivity index (χ2v) is 1.70. The smallest absolute Gasteiger partial charge is 0.336 e. The first kappa shape index (κ1) is 7.40. The Morgan fingerprint density at radius 2 is 2.64 bits per heavy atom. The van der Waals surface area contributed by atoms with Gasteiger partial charge in [0.1, 0.15) is 6.26 Å². The number of hydrogen-bond acceptors (Lipinski definition) is 4. The molecule has 1 aliphatic heterocycles. The molecule has 0 radical (unpaired) electrons. The number of hydroxylamine groups is 1. The summed E-state index contributed by atoms with van der Waals surface area (Å²) in [4.78, 5) is 15.2. The summed E-state index contributed by atoms with van der Waals surface area (Å²) >= 11 is 0. The van der Waals surface area contributed by atoms with Gasteiger partial charge in [0.25, 0.3) is 0 Å². The second-order valence-electron chi connectivity index (χ2n) is 1.70. The fourth-order valence-electron chi connectivity index (χ4n) is 0.497. The highest BCUT2D eigenvalue weighted by molar-refractivity contribution is 5.82. The van der Waals surface area contributed by atoms with E-state index in [2.05, 4.69) is 21.6 Å². The van der Waals surface area contributed by atoms with Gasteiger partial charge in [0.15, 0.2) is 0 Å². The van der Waals surface area contributed by atoms with Gasteiger partial charge in [-0.1, -0.05) is 6.58 Å². The molecule has 0 amide bonds. The van der Waals surface area contributed by atoms with Crippen molar-refractivity contribution in [3.05, 3.63) is 37.0 Å². The molecule has 0 bridgehead atoms. The minimum atomic E-state index is -0.525. The lowest BCUT2D eigenvalue weighted by atomic mass is 10.5. The van der Waals surface area contributed by atoms with E-state index < -0.39 is 5.97 Å². The molecule has 0 fully saturated rings. The summed E-state index contributed by atoms with van der Waals surface area (Å²) in [6, 6.07) is 0. The maximum absolute atomic E-state index is 10.6. The summed E-state index contributed by atoms with van der Waals surface area (Å²) in [6.45, 7) is 3.24. The van der Waals surface area contributed by atoms with Crippen molar-refractivity contribution in [3.63, 3.8) is 0 Å². The zero-order valence-corrected chi connectivity index (χ0v) is 5.74. The zero-order chi connectivity index (χ0) is 8.10. The first-order valence-electron chi connectivity index (χ1n) is 2.95. The highest BCUT2D eigenvalue weighted by Crippen LogP contribution is 1.99. The van der Waals surface area contributed by atoms with Crippen LogP contribution < -0.4 is 5.48 Å². The van der Waals surface area contributed by atoms with Crippen LogP contribution in [-0.2, 0) is 14.4 Å². The number of rotatable bonds is 2. The maximum atomic E-state index is 10.6. The van der Waals surface area contributed by atoms with Gasteiger partial charge in [-0.2, -0.15) is 5.48 Å². The predicted molar refractivity (Wildman–Crippen MR) is 37.7 cm³/mol. The molecule has 1 N–H and O–H groups in total. The number of hydrogen-bond donors (Lipinski definition) is 1. The molecule has 58 valence electrons. The van der Waals surface area contributed by atoms with E-state index in [-0.39, 0.29) is 5.88 Å². The lowest BCUT2D eigenvalue weighted by Crippen LogP contribution is -2.17. The zero-order valence-electron chi connectivity index (χ0n) is 5.74. The highest BCUT2D eigenvalue weighted by atomic mass is 16.7. The fourth-order valence-corrected chi connectivity index (χ4v) is 0.497. The van der Waals surface area contributed by atoms with Gasteiger partial charge in [0.05, 0.1) is 0 Å². The lowest BCUT2D eigenvalue weighted by molar-refractivity contribution is -0.136. The molecule has 0 atom stereocenters. The van der Waals surface area contributed by atoms with Crippen molar-refractivity contribution < 1.29 is 14.4 Å². The molecule has 0 unspecified atom stereocenters. The number of esters is 1. The van der Waals surface area contributed by atoms with Crippen LogP contribution in [0.4, 0.5) is 0 Å². The Morgan fingerprint density at radius 1 is 1.82 bits per heavy atom. The van der Waals surface area contributed by atoms with Crippen molar-refractivity contribution in [2.24, 2.45) is 0 Å². The Bertz CT molecular complexity index is 230. The molecule has 1 aliphatic rings. The van der Waals surface area contributed by atoms with Gasteiger partial charge in [-0.25, -0.2) is 4.79 Å². The van der Waals surface area contributed by atoms with Crippen molar-refractivity contribution in [1.82, 2.24) is 5.48 Å². The van der Waals surface area contributed by atoms with E-state index in [0.717, 1.165) is 6.08 Å². The Labute approximate surface area is 63.7 Å². The molecular formula is C7H7NO3. The Kier molecular flexibility index (Phi) is 2.32. The van der Waals surface area contributed by atoms with Crippen LogP contribution in [0.5, 0.6) is 0 Å². The predicted octanol–water partition coefficient (Wildman–Crippen LogP) is 0.605. The van der Waals surface area contributed by atoms with Crippen molar-refractivity contribution in [2.75, 3.05) is 0 Å². The van der Waals surface area contributed by atoms with E-state index >= 15 is 0 Å². The third kappa shape index (κ3) is 2.17. The molecule has 0 aliphatic carbocycles. The number of carbonyl (C=O) groups excluding carboxylic acids is 1. The van der Waals surface area contributed by atoms with Gasteiger partial charge in [-0.05, 0) is 6.08 Å². The van der Waals surface area contributed by atoms with Crippen LogP contribution >= 0.6 is 0 Å². The maximum Gasteiger partial charge on any atom is 0.336 e. The summed E-state index contributed by atoms with van der Waals surface area (Å²) < 4.78 is 4.66. The van der Waals surface area contributed by atoms with Gasteiger partial charge in [0.2, 0.25) is 5.88 Å². The molecule has 4 nitrogen and oxygen atoms in total. The number of carbonyl (C=O) groups is 1. The third-order valence-electron chi connectivity index (χ3n) is 0.931. The van der Waals surface area contributed by atoms with Gasteiger partial charge >= 0.3 is 5.97 Å². The monoisotopic (exact) mass is 153 g/mol. The normalized spacial score (nSPS) is 14.0. The number of allylic oxidation sites excluding steroid dienone is 2. The second kappa shape index (κ2) is 3.46. The van der Waals surface area contributed by atoms with Gasteiger partial charge < -0.3 is 9.57 Å². The van der Waals surface area contributed by atoms with Crippen LogP contribution in [0.1, 0.15) is 0 Å². The Hall–Kier alpha value is -1.71. The molecular weight excluding hydrogens is 146 g/mol. The van der Waals surface area contributed by atoms with E-state index in [1.54, 1.807) is 12.2 Å². The Balaban J connectivity index is 2.48. The van der Waals surface area contributed by atoms with Crippen molar-refractivity contribution in [2.45, 2.75) is 0 Å². The molecule has 4 heteroatoms. The van der Waals surface area contributed by atoms with Gasteiger partial charge in [-0.3, -0.25) is 0 Å². The summed E-state index contributed by atoms with van der Waals surface area (Å²) in [7, 11) is 0. The van der Waals surface area contributed by atoms with Gasteiger partial charge in [-0.15, -0.1) is 0 Å². The summed E-state index contributed by atoms with van der Waals surface area (Å²) in [5.74, 6) is -0.278. The molecule has 1 rings (SSSR count). The topological polar surface area (TPSA) is 47.6 Å². The highest BCUT2D eigenvalue weighted by Gasteiger charge is 2.03. The lowest BCUT2D eigenvalue weighted by Gasteiger charge is -2.09. The van der Waals surface area contributed by atoms with Crippen LogP contribution in [0.2, 0.25) is 0 Å². The molecule has 0 saturated heterocycles. The number of ether oxygens (including phenoxy) is 1. The third-order valence-corrected chi connectivity index (χ3v) is 0.931. The largest absolute Gasteiger partial charge is 0.404 e. The van der Waals surface area contributed by atoms with Gasteiger partial charge in [0, 0.05) is 12.2 Å². The van der Waals surface area contributed by atoms with Crippen molar-refractivity contribution in [3.8, 4) is 0 Å². The van der Waals surface area contributed by atoms with Crippen LogP contribution in [-0.4, -0.2) is 5.97 Å². The summed E-state index contributed by atoms with van der Waals surface area (Å²) in [6.07, 6.45) is 5.65. The average Bonchev–Trinajstić information content (AvgIpc) is 2.06. The summed E-state index contributed by atoms with van der Waals surface area (Å²) in [5.41, 5.74) is 2.37. The molecule has 0 saturated carbocycles. The standard InChI is InChI=1S/C7H7NO3/c1-2-7(9)11-6-4-3-5-10-8-6/h2-5,8H,1H2. The summed E-state index contributed by atoms with van der Waals surface area (Å²) in [5, 5.41) is 0. The van der Waals surface area contributed by atoms with Crippen molar-refractivity contribution >= 4 is 5.97 Å². The first-order valence-corrected chi connectivity index (χ1v) is 2.95. The van der Waals surface area contributed by atoms with Crippen LogP contribution in [0.25, 0.3) is 0 Å².